The average molecular weight is 292 g/mol. The van der Waals surface area contributed by atoms with Crippen LogP contribution in [0.4, 0.5) is 0 Å². The molecule has 1 saturated heterocycles. The van der Waals surface area contributed by atoms with E-state index in [9.17, 15) is 13.2 Å². The molecule has 1 aliphatic heterocycles. The molecule has 1 rings (SSSR count). The Labute approximate surface area is 115 Å². The second-order valence-electron chi connectivity index (χ2n) is 5.29. The largest absolute Gasteiger partial charge is 0.480 e. The quantitative estimate of drug-likeness (QED) is 0.796. The molecule has 1 fully saturated rings. The topological polar surface area (TPSA) is 77.9 Å². The molecule has 0 bridgehead atoms. The van der Waals surface area contributed by atoms with Crippen LogP contribution in [0.1, 0.15) is 40.0 Å². The minimum Gasteiger partial charge on any atom is -0.480 e. The van der Waals surface area contributed by atoms with E-state index in [1.54, 1.807) is 6.92 Å². The van der Waals surface area contributed by atoms with Crippen LogP contribution in [0.5, 0.6) is 0 Å². The maximum atomic E-state index is 12.5. The molecule has 1 unspecified atom stereocenters. The van der Waals surface area contributed by atoms with Gasteiger partial charge in [-0.1, -0.05) is 13.8 Å². The molecule has 0 amide bonds. The van der Waals surface area contributed by atoms with Crippen molar-refractivity contribution in [2.24, 2.45) is 5.92 Å². The Morgan fingerprint density at radius 3 is 2.37 bits per heavy atom. The van der Waals surface area contributed by atoms with E-state index in [-0.39, 0.29) is 6.04 Å². The van der Waals surface area contributed by atoms with Crippen LogP contribution in [0.15, 0.2) is 0 Å². The Hall–Kier alpha value is -0.660. The summed E-state index contributed by atoms with van der Waals surface area (Å²) >= 11 is 0. The van der Waals surface area contributed by atoms with Gasteiger partial charge in [0.1, 0.15) is 6.54 Å². The van der Waals surface area contributed by atoms with Gasteiger partial charge in [-0.25, -0.2) is 0 Å². The van der Waals surface area contributed by atoms with E-state index in [0.717, 1.165) is 17.1 Å². The van der Waals surface area contributed by atoms with Gasteiger partial charge in [0, 0.05) is 19.1 Å². The van der Waals surface area contributed by atoms with Gasteiger partial charge in [0.15, 0.2) is 0 Å². The summed E-state index contributed by atoms with van der Waals surface area (Å²) in [6, 6.07) is -0.305. The second kappa shape index (κ2) is 6.67. The highest BCUT2D eigenvalue weighted by Crippen LogP contribution is 2.22. The molecule has 0 aromatic rings. The fourth-order valence-corrected chi connectivity index (χ4v) is 4.01. The third kappa shape index (κ3) is 4.15. The molecule has 1 heterocycles. The van der Waals surface area contributed by atoms with Crippen LogP contribution in [-0.4, -0.2) is 53.8 Å². The van der Waals surface area contributed by atoms with E-state index < -0.39 is 22.7 Å². The Morgan fingerprint density at radius 1 is 1.42 bits per heavy atom. The smallest absolute Gasteiger partial charge is 0.318 e. The highest BCUT2D eigenvalue weighted by atomic mass is 32.2. The van der Waals surface area contributed by atoms with Gasteiger partial charge in [-0.3, -0.25) is 4.79 Å². The van der Waals surface area contributed by atoms with E-state index in [1.807, 2.05) is 6.92 Å². The number of carboxylic acids is 1. The molecule has 6 nitrogen and oxygen atoms in total. The number of rotatable bonds is 6. The standard InChI is InChI=1S/C12H24N2O4S/c1-4-11(3)14(9-12(15)16)19(17,18)13-7-5-10(2)6-8-13/h10-11H,4-9H2,1-3H3,(H,15,16). The summed E-state index contributed by atoms with van der Waals surface area (Å²) < 4.78 is 27.6. The molecule has 1 N–H and O–H groups in total. The van der Waals surface area contributed by atoms with E-state index in [0.29, 0.717) is 25.4 Å². The van der Waals surface area contributed by atoms with Crippen LogP contribution in [0.25, 0.3) is 0 Å². The summed E-state index contributed by atoms with van der Waals surface area (Å²) in [7, 11) is -3.67. The van der Waals surface area contributed by atoms with E-state index in [4.69, 9.17) is 5.11 Å². The number of carboxylic acid groups (broad SMARTS) is 1. The summed E-state index contributed by atoms with van der Waals surface area (Å²) in [6.07, 6.45) is 2.26. The first kappa shape index (κ1) is 16.4. The predicted molar refractivity (Wildman–Crippen MR) is 73.0 cm³/mol. The SMILES string of the molecule is CCC(C)N(CC(=O)O)S(=O)(=O)N1CCC(C)CC1. The van der Waals surface area contributed by atoms with Crippen molar-refractivity contribution in [1.29, 1.82) is 0 Å². The zero-order chi connectivity index (χ0) is 14.6. The van der Waals surface area contributed by atoms with Crippen LogP contribution in [-0.2, 0) is 15.0 Å². The van der Waals surface area contributed by atoms with Crippen molar-refractivity contribution in [3.8, 4) is 0 Å². The van der Waals surface area contributed by atoms with Crippen LogP contribution < -0.4 is 0 Å². The number of hydrogen-bond acceptors (Lipinski definition) is 3. The molecule has 0 spiro atoms. The molecule has 112 valence electrons. The fourth-order valence-electron chi connectivity index (χ4n) is 2.17. The van der Waals surface area contributed by atoms with Crippen molar-refractivity contribution in [2.45, 2.75) is 46.1 Å². The third-order valence-corrected chi connectivity index (χ3v) is 5.84. The van der Waals surface area contributed by atoms with Crippen molar-refractivity contribution in [3.63, 3.8) is 0 Å². The molecule has 1 aliphatic rings. The molecule has 7 heteroatoms. The molecule has 0 aromatic carbocycles. The molecule has 0 radical (unpaired) electrons. The van der Waals surface area contributed by atoms with Gasteiger partial charge >= 0.3 is 5.97 Å². The lowest BCUT2D eigenvalue weighted by Gasteiger charge is -2.35. The van der Waals surface area contributed by atoms with Gasteiger partial charge < -0.3 is 5.11 Å². The molecule has 0 aromatic heterocycles. The van der Waals surface area contributed by atoms with Gasteiger partial charge in [-0.2, -0.15) is 17.0 Å². The second-order valence-corrected chi connectivity index (χ2v) is 7.17. The van der Waals surface area contributed by atoms with Crippen molar-refractivity contribution >= 4 is 16.2 Å². The maximum absolute atomic E-state index is 12.5. The number of aliphatic carboxylic acids is 1. The van der Waals surface area contributed by atoms with E-state index in [1.165, 1.54) is 4.31 Å². The van der Waals surface area contributed by atoms with Gasteiger partial charge in [0.05, 0.1) is 0 Å². The van der Waals surface area contributed by atoms with Crippen molar-refractivity contribution in [2.75, 3.05) is 19.6 Å². The van der Waals surface area contributed by atoms with Crippen molar-refractivity contribution in [1.82, 2.24) is 8.61 Å². The number of nitrogens with zero attached hydrogens (tertiary/aromatic N) is 2. The first-order valence-electron chi connectivity index (χ1n) is 6.77. The number of carbonyl (C=O) groups is 1. The molecular formula is C12H24N2O4S. The predicted octanol–water partition coefficient (Wildman–Crippen LogP) is 1.15. The first-order valence-corrected chi connectivity index (χ1v) is 8.17. The minimum atomic E-state index is -3.67. The molecule has 0 aliphatic carbocycles. The van der Waals surface area contributed by atoms with Crippen molar-refractivity contribution in [3.05, 3.63) is 0 Å². The van der Waals surface area contributed by atoms with Gasteiger partial charge in [-0.05, 0) is 32.1 Å². The molecule has 1 atom stereocenters. The minimum absolute atomic E-state index is 0.305. The van der Waals surface area contributed by atoms with E-state index in [2.05, 4.69) is 6.92 Å². The van der Waals surface area contributed by atoms with Crippen LogP contribution in [0, 0.1) is 5.92 Å². The van der Waals surface area contributed by atoms with Gasteiger partial charge in [0.25, 0.3) is 10.2 Å². The summed E-state index contributed by atoms with van der Waals surface area (Å²) in [4.78, 5) is 10.9. The normalized spacial score (nSPS) is 20.6. The summed E-state index contributed by atoms with van der Waals surface area (Å²) in [5.41, 5.74) is 0. The Kier molecular flexibility index (Phi) is 5.76. The summed E-state index contributed by atoms with van der Waals surface area (Å²) in [5, 5.41) is 8.91. The average Bonchev–Trinajstić information content (AvgIpc) is 2.35. The highest BCUT2D eigenvalue weighted by molar-refractivity contribution is 7.86. The highest BCUT2D eigenvalue weighted by Gasteiger charge is 2.35. The monoisotopic (exact) mass is 292 g/mol. The zero-order valence-electron chi connectivity index (χ0n) is 11.9. The lowest BCUT2D eigenvalue weighted by atomic mass is 10.0. The van der Waals surface area contributed by atoms with Gasteiger partial charge in [0.2, 0.25) is 0 Å². The van der Waals surface area contributed by atoms with Crippen molar-refractivity contribution < 1.29 is 18.3 Å². The molecule has 0 saturated carbocycles. The first-order chi connectivity index (χ1) is 8.78. The van der Waals surface area contributed by atoms with Crippen LogP contribution in [0.3, 0.4) is 0 Å². The van der Waals surface area contributed by atoms with Crippen LogP contribution in [0.2, 0.25) is 0 Å². The lowest BCUT2D eigenvalue weighted by Crippen LogP contribution is -2.51. The summed E-state index contributed by atoms with van der Waals surface area (Å²) in [6.45, 7) is 6.20. The summed E-state index contributed by atoms with van der Waals surface area (Å²) in [5.74, 6) is -0.586. The lowest BCUT2D eigenvalue weighted by molar-refractivity contribution is -0.137. The maximum Gasteiger partial charge on any atom is 0.318 e. The Morgan fingerprint density at radius 2 is 1.95 bits per heavy atom. The number of hydrogen-bond donors (Lipinski definition) is 1. The van der Waals surface area contributed by atoms with Crippen LogP contribution >= 0.6 is 0 Å². The Bertz CT molecular complexity index is 402. The Balaban J connectivity index is 2.89. The third-order valence-electron chi connectivity index (χ3n) is 3.74. The molecular weight excluding hydrogens is 268 g/mol. The van der Waals surface area contributed by atoms with Gasteiger partial charge in [-0.15, -0.1) is 0 Å². The zero-order valence-corrected chi connectivity index (χ0v) is 12.7. The molecule has 19 heavy (non-hydrogen) atoms. The number of piperidine rings is 1. The fraction of sp³-hybridized carbons (Fsp3) is 0.917. The van der Waals surface area contributed by atoms with E-state index >= 15 is 0 Å².